The Balaban J connectivity index is 1.92. The monoisotopic (exact) mass is 265 g/mol. The normalized spacial score (nSPS) is 14.6. The number of aliphatic imine (C=N–C) groups is 1. The summed E-state index contributed by atoms with van der Waals surface area (Å²) in [4.78, 5) is 13.0. The first-order valence-electron chi connectivity index (χ1n) is 6.52. The van der Waals surface area contributed by atoms with E-state index in [4.69, 9.17) is 0 Å². The van der Waals surface area contributed by atoms with Crippen LogP contribution in [0, 0.1) is 6.92 Å². The fourth-order valence-corrected chi connectivity index (χ4v) is 2.29. The standard InChI is InChI=1S/C16H15N3O/c1-11-4-5-13(9-18-11)15-7-14(16(10-20)19-15)12-3-2-6-17-8-12/h2-6,8-9,20H,7,10H2,1H3. The molecule has 4 nitrogen and oxygen atoms in total. The fourth-order valence-electron chi connectivity index (χ4n) is 2.29. The largest absolute Gasteiger partial charge is 0.390 e. The molecule has 1 aliphatic rings. The smallest absolute Gasteiger partial charge is 0.0856 e. The molecular formula is C16H15N3O. The highest BCUT2D eigenvalue weighted by Crippen LogP contribution is 2.30. The van der Waals surface area contributed by atoms with Gasteiger partial charge in [0.05, 0.1) is 18.0 Å². The van der Waals surface area contributed by atoms with Gasteiger partial charge in [-0.1, -0.05) is 6.07 Å². The molecule has 1 N–H and O–H groups in total. The van der Waals surface area contributed by atoms with Crippen molar-refractivity contribution in [1.82, 2.24) is 9.97 Å². The average Bonchev–Trinajstić information content (AvgIpc) is 2.93. The molecule has 2 aromatic rings. The van der Waals surface area contributed by atoms with Gasteiger partial charge in [0.15, 0.2) is 0 Å². The lowest BCUT2D eigenvalue weighted by Gasteiger charge is -2.04. The summed E-state index contributed by atoms with van der Waals surface area (Å²) < 4.78 is 0. The van der Waals surface area contributed by atoms with Gasteiger partial charge in [0, 0.05) is 36.3 Å². The van der Waals surface area contributed by atoms with E-state index < -0.39 is 0 Å². The maximum absolute atomic E-state index is 9.51. The molecule has 0 aliphatic carbocycles. The predicted molar refractivity (Wildman–Crippen MR) is 78.4 cm³/mol. The van der Waals surface area contributed by atoms with E-state index in [-0.39, 0.29) is 6.61 Å². The molecule has 0 bridgehead atoms. The number of hydrogen-bond acceptors (Lipinski definition) is 4. The summed E-state index contributed by atoms with van der Waals surface area (Å²) in [5, 5.41) is 9.51. The molecule has 0 fully saturated rings. The summed E-state index contributed by atoms with van der Waals surface area (Å²) in [7, 11) is 0. The van der Waals surface area contributed by atoms with Crippen molar-refractivity contribution in [3.8, 4) is 0 Å². The van der Waals surface area contributed by atoms with Gasteiger partial charge in [0.2, 0.25) is 0 Å². The Bertz CT molecular complexity index is 673. The van der Waals surface area contributed by atoms with E-state index in [0.717, 1.165) is 28.1 Å². The summed E-state index contributed by atoms with van der Waals surface area (Å²) in [5.74, 6) is 0. The lowest BCUT2D eigenvalue weighted by atomic mass is 10.00. The quantitative estimate of drug-likeness (QED) is 0.927. The topological polar surface area (TPSA) is 58.4 Å². The maximum Gasteiger partial charge on any atom is 0.0856 e. The first-order valence-corrected chi connectivity index (χ1v) is 6.52. The SMILES string of the molecule is Cc1ccc(C2=NC(CO)=C(c3cccnc3)C2)cn1. The number of aryl methyl sites for hydroxylation is 1. The van der Waals surface area contributed by atoms with Crippen molar-refractivity contribution in [3.05, 3.63) is 65.4 Å². The molecule has 3 heterocycles. The van der Waals surface area contributed by atoms with Crippen LogP contribution in [0.2, 0.25) is 0 Å². The lowest BCUT2D eigenvalue weighted by molar-refractivity contribution is 0.331. The van der Waals surface area contributed by atoms with Crippen molar-refractivity contribution in [1.29, 1.82) is 0 Å². The van der Waals surface area contributed by atoms with E-state index >= 15 is 0 Å². The van der Waals surface area contributed by atoms with Crippen LogP contribution in [0.25, 0.3) is 5.57 Å². The van der Waals surface area contributed by atoms with E-state index in [1.807, 2.05) is 37.4 Å². The van der Waals surface area contributed by atoms with E-state index in [0.29, 0.717) is 12.1 Å². The van der Waals surface area contributed by atoms with Crippen LogP contribution in [0.1, 0.15) is 23.2 Å². The van der Waals surface area contributed by atoms with Crippen molar-refractivity contribution < 1.29 is 5.11 Å². The summed E-state index contributed by atoms with van der Waals surface area (Å²) in [6, 6.07) is 7.87. The summed E-state index contributed by atoms with van der Waals surface area (Å²) >= 11 is 0. The van der Waals surface area contributed by atoms with Crippen LogP contribution >= 0.6 is 0 Å². The Morgan fingerprint density at radius 1 is 1.15 bits per heavy atom. The van der Waals surface area contributed by atoms with E-state index in [9.17, 15) is 5.11 Å². The number of aliphatic hydroxyl groups excluding tert-OH is 1. The first-order chi connectivity index (χ1) is 9.78. The van der Waals surface area contributed by atoms with E-state index in [1.54, 1.807) is 12.4 Å². The van der Waals surface area contributed by atoms with Gasteiger partial charge < -0.3 is 5.11 Å². The van der Waals surface area contributed by atoms with Crippen LogP contribution in [0.4, 0.5) is 0 Å². The fraction of sp³-hybridized carbons (Fsp3) is 0.188. The molecule has 2 aromatic heterocycles. The Morgan fingerprint density at radius 2 is 2.05 bits per heavy atom. The van der Waals surface area contributed by atoms with Crippen molar-refractivity contribution in [2.75, 3.05) is 6.61 Å². The number of nitrogens with zero attached hydrogens (tertiary/aromatic N) is 3. The van der Waals surface area contributed by atoms with Gasteiger partial charge in [0.1, 0.15) is 0 Å². The van der Waals surface area contributed by atoms with Gasteiger partial charge in [-0.05, 0) is 36.3 Å². The third kappa shape index (κ3) is 2.38. The predicted octanol–water partition coefficient (Wildman–Crippen LogP) is 2.38. The molecule has 0 unspecified atom stereocenters. The van der Waals surface area contributed by atoms with Gasteiger partial charge in [-0.2, -0.15) is 0 Å². The second kappa shape index (κ2) is 5.35. The second-order valence-electron chi connectivity index (χ2n) is 4.75. The molecule has 20 heavy (non-hydrogen) atoms. The zero-order chi connectivity index (χ0) is 13.9. The van der Waals surface area contributed by atoms with Gasteiger partial charge in [-0.25, -0.2) is 0 Å². The number of allylic oxidation sites excluding steroid dienone is 1. The number of aliphatic hydroxyl groups is 1. The molecule has 0 saturated heterocycles. The number of hydrogen-bond donors (Lipinski definition) is 1. The zero-order valence-electron chi connectivity index (χ0n) is 11.2. The molecule has 3 rings (SSSR count). The van der Waals surface area contributed by atoms with Crippen molar-refractivity contribution >= 4 is 11.3 Å². The summed E-state index contributed by atoms with van der Waals surface area (Å²) in [6.45, 7) is 1.89. The molecule has 0 amide bonds. The van der Waals surface area contributed by atoms with Gasteiger partial charge in [-0.3, -0.25) is 15.0 Å². The minimum Gasteiger partial charge on any atom is -0.390 e. The Hall–Kier alpha value is -2.33. The van der Waals surface area contributed by atoms with Crippen molar-refractivity contribution in [2.45, 2.75) is 13.3 Å². The molecule has 1 aliphatic heterocycles. The third-order valence-corrected chi connectivity index (χ3v) is 3.37. The second-order valence-corrected chi connectivity index (χ2v) is 4.75. The van der Waals surface area contributed by atoms with E-state index in [2.05, 4.69) is 15.0 Å². The summed E-state index contributed by atoms with van der Waals surface area (Å²) in [6.07, 6.45) is 6.07. The molecule has 0 spiro atoms. The van der Waals surface area contributed by atoms with Crippen LogP contribution in [0.5, 0.6) is 0 Å². The molecule has 100 valence electrons. The Kier molecular flexibility index (Phi) is 3.39. The third-order valence-electron chi connectivity index (χ3n) is 3.37. The van der Waals surface area contributed by atoms with Crippen molar-refractivity contribution in [3.63, 3.8) is 0 Å². The van der Waals surface area contributed by atoms with Crippen LogP contribution in [-0.2, 0) is 0 Å². The molecule has 0 saturated carbocycles. The molecule has 0 atom stereocenters. The number of rotatable bonds is 3. The first kappa shape index (κ1) is 12.7. The Labute approximate surface area is 117 Å². The van der Waals surface area contributed by atoms with Gasteiger partial charge in [0.25, 0.3) is 0 Å². The van der Waals surface area contributed by atoms with Crippen LogP contribution in [-0.4, -0.2) is 27.4 Å². The van der Waals surface area contributed by atoms with Crippen LogP contribution in [0.15, 0.2) is 53.5 Å². The highest BCUT2D eigenvalue weighted by atomic mass is 16.3. The minimum absolute atomic E-state index is 0.0625. The lowest BCUT2D eigenvalue weighted by Crippen LogP contribution is -1.99. The Morgan fingerprint density at radius 3 is 2.70 bits per heavy atom. The zero-order valence-corrected chi connectivity index (χ0v) is 11.2. The van der Waals surface area contributed by atoms with Crippen LogP contribution < -0.4 is 0 Å². The van der Waals surface area contributed by atoms with Gasteiger partial charge in [-0.15, -0.1) is 0 Å². The average molecular weight is 265 g/mol. The molecule has 0 radical (unpaired) electrons. The highest BCUT2D eigenvalue weighted by molar-refractivity contribution is 6.09. The number of aromatic nitrogens is 2. The van der Waals surface area contributed by atoms with Gasteiger partial charge >= 0.3 is 0 Å². The molecule has 4 heteroatoms. The van der Waals surface area contributed by atoms with E-state index in [1.165, 1.54) is 0 Å². The minimum atomic E-state index is -0.0625. The highest BCUT2D eigenvalue weighted by Gasteiger charge is 2.20. The molecule has 0 aromatic carbocycles. The molecular weight excluding hydrogens is 250 g/mol. The van der Waals surface area contributed by atoms with Crippen LogP contribution in [0.3, 0.4) is 0 Å². The number of pyridine rings is 2. The van der Waals surface area contributed by atoms with Crippen molar-refractivity contribution in [2.24, 2.45) is 4.99 Å². The maximum atomic E-state index is 9.51. The summed E-state index contributed by atoms with van der Waals surface area (Å²) in [5.41, 5.74) is 5.69.